The van der Waals surface area contributed by atoms with Gasteiger partial charge in [0.25, 0.3) is 0 Å². The van der Waals surface area contributed by atoms with Crippen LogP contribution in [0, 0.1) is 37.1 Å². The molecule has 83 heavy (non-hydrogen) atoms. The van der Waals surface area contributed by atoms with Gasteiger partial charge in [0, 0.05) is 92.9 Å². The normalized spacial score (nSPS) is 16.5. The molecule has 21 heteroatoms. The summed E-state index contributed by atoms with van der Waals surface area (Å²) in [5.41, 5.74) is 7.67. The Hall–Kier alpha value is -7.29. The fraction of sp³-hybridized carbons (Fsp3) is 0.355. The number of alkyl halides is 6. The van der Waals surface area contributed by atoms with Crippen molar-refractivity contribution in [3.05, 3.63) is 182 Å². The smallest absolute Gasteiger partial charge is 0.383 e. The third kappa shape index (κ3) is 12.5. The number of hydrogen-bond donors (Lipinski definition) is 1. The average Bonchev–Trinajstić information content (AvgIpc) is 2.24. The summed E-state index contributed by atoms with van der Waals surface area (Å²) in [6.45, 7) is 19.6. The molecule has 0 amide bonds. The summed E-state index contributed by atoms with van der Waals surface area (Å²) in [6, 6.07) is 17.9. The van der Waals surface area contributed by atoms with E-state index in [1.54, 1.807) is 19.9 Å². The van der Waals surface area contributed by atoms with Crippen LogP contribution in [0.2, 0.25) is 5.02 Å². The lowest BCUT2D eigenvalue weighted by Gasteiger charge is -2.30. The number of nitrogens with zero attached hydrogens (tertiary/aromatic N) is 7. The van der Waals surface area contributed by atoms with Crippen molar-refractivity contribution >= 4 is 61.8 Å². The second kappa shape index (κ2) is 23.0. The third-order valence-corrected chi connectivity index (χ3v) is 15.9. The molecule has 12 rings (SSSR count). The molecule has 0 atom stereocenters. The molecule has 436 valence electrons. The Kier molecular flexibility index (Phi) is 16.4. The second-order valence-corrected chi connectivity index (χ2v) is 22.8. The summed E-state index contributed by atoms with van der Waals surface area (Å²) < 4.78 is 147. The van der Waals surface area contributed by atoms with E-state index in [2.05, 4.69) is 63.8 Å². The quantitative estimate of drug-likeness (QED) is 0.156. The van der Waals surface area contributed by atoms with Crippen molar-refractivity contribution in [2.24, 2.45) is 0 Å². The molecule has 1 N–H and O–H groups in total. The van der Waals surface area contributed by atoms with Crippen LogP contribution in [0.5, 0.6) is 0 Å². The van der Waals surface area contributed by atoms with Gasteiger partial charge in [-0.2, -0.15) is 26.3 Å². The molecule has 10 nitrogen and oxygen atoms in total. The van der Waals surface area contributed by atoms with Crippen LogP contribution in [0.3, 0.4) is 0 Å². The van der Waals surface area contributed by atoms with Crippen molar-refractivity contribution in [1.29, 1.82) is 0 Å². The highest BCUT2D eigenvalue weighted by Gasteiger charge is 2.40. The van der Waals surface area contributed by atoms with Crippen LogP contribution in [0.1, 0.15) is 83.9 Å². The lowest BCUT2D eigenvalue weighted by atomic mass is 9.91. The number of halogens is 11. The topological polar surface area (TPSA) is 91.8 Å². The fourth-order valence-corrected chi connectivity index (χ4v) is 11.4. The zero-order chi connectivity index (χ0) is 59.3. The molecule has 2 saturated heterocycles. The van der Waals surface area contributed by atoms with Gasteiger partial charge in [0.05, 0.1) is 122 Å². The van der Waals surface area contributed by atoms with Crippen molar-refractivity contribution in [3.63, 3.8) is 0 Å². The zero-order valence-electron chi connectivity index (χ0n) is 46.3. The Bertz CT molecular complexity index is 3750. The molecule has 4 aliphatic rings. The fourth-order valence-electron chi connectivity index (χ4n) is 11.1. The van der Waals surface area contributed by atoms with Gasteiger partial charge in [0.1, 0.15) is 23.3 Å². The molecular weight excluding hydrogens is 1110 g/mol. The van der Waals surface area contributed by atoms with Gasteiger partial charge in [-0.25, -0.2) is 17.6 Å². The minimum atomic E-state index is -4.49. The molecule has 0 spiro atoms. The largest absolute Gasteiger partial charge is 0.416 e. The summed E-state index contributed by atoms with van der Waals surface area (Å²) in [5, 5.41) is 3.68. The molecule has 4 aromatic carbocycles. The maximum Gasteiger partial charge on any atom is 0.416 e. The maximum absolute atomic E-state index is 15.6. The molecule has 0 bridgehead atoms. The van der Waals surface area contributed by atoms with Crippen LogP contribution >= 0.6 is 11.6 Å². The van der Waals surface area contributed by atoms with E-state index in [4.69, 9.17) is 26.1 Å². The van der Waals surface area contributed by atoms with Gasteiger partial charge >= 0.3 is 12.4 Å². The summed E-state index contributed by atoms with van der Waals surface area (Å²) in [4.78, 5) is 24.8. The van der Waals surface area contributed by atoms with Crippen molar-refractivity contribution in [3.8, 4) is 0 Å². The number of ether oxygens (including phenoxy) is 2. The molecular formula is C62H59ClF10N8O2. The van der Waals surface area contributed by atoms with E-state index in [0.717, 1.165) is 99.4 Å². The monoisotopic (exact) mass is 1170 g/mol. The minimum Gasteiger partial charge on any atom is -0.383 e. The van der Waals surface area contributed by atoms with E-state index in [1.165, 1.54) is 41.3 Å². The van der Waals surface area contributed by atoms with E-state index < -0.39 is 52.2 Å². The molecule has 4 aliphatic heterocycles. The van der Waals surface area contributed by atoms with Crippen LogP contribution in [0.4, 0.5) is 72.3 Å². The molecule has 4 aromatic heterocycles. The molecule has 0 aliphatic carbocycles. The van der Waals surface area contributed by atoms with E-state index in [9.17, 15) is 39.5 Å². The number of aromatic nitrogens is 4. The van der Waals surface area contributed by atoms with Gasteiger partial charge in [-0.3, -0.25) is 19.9 Å². The lowest BCUT2D eigenvalue weighted by molar-refractivity contribution is -0.138. The molecule has 0 radical (unpaired) electrons. The predicted octanol–water partition coefficient (Wildman–Crippen LogP) is 14.8. The van der Waals surface area contributed by atoms with E-state index in [0.29, 0.717) is 65.2 Å². The first-order chi connectivity index (χ1) is 39.3. The third-order valence-electron chi connectivity index (χ3n) is 15.4. The van der Waals surface area contributed by atoms with Gasteiger partial charge in [-0.1, -0.05) is 75.7 Å². The van der Waals surface area contributed by atoms with Gasteiger partial charge in [-0.05, 0) is 60.4 Å². The Labute approximate surface area is 478 Å². The Morgan fingerprint density at radius 1 is 0.590 bits per heavy atom. The first kappa shape index (κ1) is 58.9. The number of pyridine rings is 4. The second-order valence-electron chi connectivity index (χ2n) is 22.4. The highest BCUT2D eigenvalue weighted by Crippen LogP contribution is 2.49. The highest BCUT2D eigenvalue weighted by atomic mass is 35.5. The SMILES string of the molecule is CC1(C)CNc2cc(N3CCOCC3)cnc21.Cc1c(Cc2cccc(C(F)(F)F)c2)nc2cc(F)cc(F)c2c1Cl.Cc1c(Cc2cccc(C(F)(F)F)c2)nc2cc(F)cc(F)c2c1N1CC(C)(C)c2ncc(N3CCOCC3)cc21. The first-order valence-electron chi connectivity index (χ1n) is 27.0. The van der Waals surface area contributed by atoms with Gasteiger partial charge < -0.3 is 29.5 Å². The number of nitrogens with one attached hydrogen (secondary N) is 1. The number of rotatable bonds is 7. The molecule has 0 unspecified atom stereocenters. The first-order valence-corrected chi connectivity index (χ1v) is 27.4. The van der Waals surface area contributed by atoms with Crippen molar-refractivity contribution in [1.82, 2.24) is 19.9 Å². The molecule has 8 aromatic rings. The predicted molar refractivity (Wildman–Crippen MR) is 302 cm³/mol. The van der Waals surface area contributed by atoms with E-state index in [1.807, 2.05) is 23.4 Å². The summed E-state index contributed by atoms with van der Waals surface area (Å²) in [7, 11) is 0. The highest BCUT2D eigenvalue weighted by molar-refractivity contribution is 6.36. The number of morpholine rings is 2. The number of benzene rings is 4. The van der Waals surface area contributed by atoms with Crippen LogP contribution in [-0.2, 0) is 45.5 Å². The van der Waals surface area contributed by atoms with Crippen molar-refractivity contribution in [2.45, 2.75) is 77.6 Å². The molecule has 8 heterocycles. The van der Waals surface area contributed by atoms with Crippen LogP contribution < -0.4 is 20.0 Å². The Balaban J connectivity index is 0.000000155. The van der Waals surface area contributed by atoms with Gasteiger partial charge in [0.2, 0.25) is 0 Å². The molecule has 2 fully saturated rings. The summed E-state index contributed by atoms with van der Waals surface area (Å²) >= 11 is 6.18. The van der Waals surface area contributed by atoms with Crippen LogP contribution in [-0.4, -0.2) is 85.6 Å². The van der Waals surface area contributed by atoms with E-state index in [-0.39, 0.29) is 45.1 Å². The van der Waals surface area contributed by atoms with Gasteiger partial charge in [0.15, 0.2) is 0 Å². The number of hydrogen-bond acceptors (Lipinski definition) is 10. The van der Waals surface area contributed by atoms with Gasteiger partial charge in [-0.15, -0.1) is 0 Å². The Morgan fingerprint density at radius 2 is 1.07 bits per heavy atom. The number of anilines is 5. The summed E-state index contributed by atoms with van der Waals surface area (Å²) in [6.07, 6.45) is -4.97. The Morgan fingerprint density at radius 3 is 1.60 bits per heavy atom. The van der Waals surface area contributed by atoms with Crippen molar-refractivity contribution < 1.29 is 53.4 Å². The maximum atomic E-state index is 15.6. The van der Waals surface area contributed by atoms with Crippen LogP contribution in [0.25, 0.3) is 21.8 Å². The lowest BCUT2D eigenvalue weighted by Crippen LogP contribution is -2.36. The average molecular weight is 1170 g/mol. The minimum absolute atomic E-state index is 0.00615. The van der Waals surface area contributed by atoms with E-state index >= 15 is 4.39 Å². The number of fused-ring (bicyclic) bond motifs is 4. The summed E-state index contributed by atoms with van der Waals surface area (Å²) in [5.74, 6) is -3.16. The van der Waals surface area contributed by atoms with Crippen LogP contribution in [0.15, 0.2) is 97.3 Å². The standard InChI is InChI=1S/C31H29F5N4O.C18H11ClF5N.C13H19N3O/c1-18-24(12-19-5-4-6-20(11-19)31(34,35)36)38-25-14-21(32)13-23(33)27(25)28(18)40-17-30(2,3)29-26(40)15-22(16-37-29)39-7-9-41-10-8-39;1-9-14(6-10-3-2-4-11(5-10)18(22,23)24)25-15-8-12(20)7-13(21)16(15)17(9)19;1-13(2)9-15-11-7-10(8-14-12(11)13)16-3-5-17-6-4-16/h4-6,11,13-16H,7-10,12,17H2,1-3H3;2-5,7-8H,6H2,1H3;7-8,15H,3-6,9H2,1-2H3. The zero-order valence-corrected chi connectivity index (χ0v) is 47.1. The van der Waals surface area contributed by atoms with Crippen molar-refractivity contribution in [2.75, 3.05) is 85.7 Å². The molecule has 0 saturated carbocycles.